The Kier molecular flexibility index (Phi) is 4.38. The molecule has 0 aromatic carbocycles. The quantitative estimate of drug-likeness (QED) is 0.767. The van der Waals surface area contributed by atoms with Crippen molar-refractivity contribution in [2.45, 2.75) is 12.8 Å². The second-order valence-electron chi connectivity index (χ2n) is 3.92. The van der Waals surface area contributed by atoms with Gasteiger partial charge in [-0.05, 0) is 18.9 Å². The van der Waals surface area contributed by atoms with Crippen LogP contribution in [-0.2, 0) is 4.74 Å². The number of nitrogens with zero attached hydrogens (tertiary/aromatic N) is 1. The Balaban J connectivity index is 1.83. The summed E-state index contributed by atoms with van der Waals surface area (Å²) >= 11 is 0. The molecule has 0 amide bonds. The summed E-state index contributed by atoms with van der Waals surface area (Å²) < 4.78 is 10.6. The molecule has 1 aromatic rings. The lowest BCUT2D eigenvalue weighted by molar-refractivity contribution is 0.183. The number of methoxy groups -OCH3 is 1. The lowest BCUT2D eigenvalue weighted by atomic mass is 10.2. The summed E-state index contributed by atoms with van der Waals surface area (Å²) in [5.74, 6) is 1.59. The van der Waals surface area contributed by atoms with E-state index >= 15 is 0 Å². The van der Waals surface area contributed by atoms with Crippen LogP contribution in [0, 0.1) is 0 Å². The average molecular weight is 234 g/mol. The van der Waals surface area contributed by atoms with Crippen LogP contribution in [0.15, 0.2) is 18.2 Å². The van der Waals surface area contributed by atoms with Crippen LogP contribution in [0.5, 0.6) is 5.88 Å². The first-order valence-electron chi connectivity index (χ1n) is 5.93. The van der Waals surface area contributed by atoms with E-state index in [9.17, 15) is 0 Å². The van der Waals surface area contributed by atoms with Crippen LogP contribution in [0.4, 0.5) is 5.82 Å². The SMILES string of the molecule is COCCCCOc1ccc2c(n1)NCC=C2. The fraction of sp³-hybridized carbons (Fsp3) is 0.462. The maximum atomic E-state index is 5.59. The Bertz CT molecular complexity index is 391. The second-order valence-corrected chi connectivity index (χ2v) is 3.92. The number of ether oxygens (including phenoxy) is 2. The number of unbranched alkanes of at least 4 members (excludes halogenated alkanes) is 1. The molecule has 2 rings (SSSR count). The number of hydrogen-bond donors (Lipinski definition) is 1. The Hall–Kier alpha value is -1.55. The average Bonchev–Trinajstić information content (AvgIpc) is 2.38. The number of nitrogens with one attached hydrogen (secondary N) is 1. The van der Waals surface area contributed by atoms with Crippen LogP contribution in [0.25, 0.3) is 6.08 Å². The molecule has 4 heteroatoms. The smallest absolute Gasteiger partial charge is 0.215 e. The zero-order valence-electron chi connectivity index (χ0n) is 10.1. The van der Waals surface area contributed by atoms with Gasteiger partial charge in [-0.1, -0.05) is 12.2 Å². The van der Waals surface area contributed by atoms with Crippen molar-refractivity contribution < 1.29 is 9.47 Å². The van der Waals surface area contributed by atoms with Crippen molar-refractivity contribution in [3.63, 3.8) is 0 Å². The van der Waals surface area contributed by atoms with Gasteiger partial charge < -0.3 is 14.8 Å². The van der Waals surface area contributed by atoms with Gasteiger partial charge in [0.15, 0.2) is 0 Å². The lowest BCUT2D eigenvalue weighted by Crippen LogP contribution is -2.08. The summed E-state index contributed by atoms with van der Waals surface area (Å²) in [4.78, 5) is 4.42. The van der Waals surface area contributed by atoms with Crippen LogP contribution >= 0.6 is 0 Å². The standard InChI is InChI=1S/C13H18N2O2/c1-16-9-2-3-10-17-12-7-6-11-5-4-8-14-13(11)15-12/h4-7H,2-3,8-10H2,1H3,(H,14,15). The topological polar surface area (TPSA) is 43.4 Å². The van der Waals surface area contributed by atoms with Crippen molar-refractivity contribution in [3.8, 4) is 5.88 Å². The number of pyridine rings is 1. The molecule has 0 spiro atoms. The van der Waals surface area contributed by atoms with Gasteiger partial charge in [-0.2, -0.15) is 4.98 Å². The Labute approximate surface area is 102 Å². The minimum atomic E-state index is 0.684. The number of fused-ring (bicyclic) bond motifs is 1. The van der Waals surface area contributed by atoms with Gasteiger partial charge in [-0.25, -0.2) is 0 Å². The third-order valence-corrected chi connectivity index (χ3v) is 2.58. The lowest BCUT2D eigenvalue weighted by Gasteiger charge is -2.13. The molecule has 1 aromatic heterocycles. The van der Waals surface area contributed by atoms with Crippen molar-refractivity contribution in [2.75, 3.05) is 32.2 Å². The molecule has 17 heavy (non-hydrogen) atoms. The summed E-state index contributed by atoms with van der Waals surface area (Å²) in [5, 5.41) is 3.22. The molecule has 0 saturated carbocycles. The molecule has 1 N–H and O–H groups in total. The zero-order chi connectivity index (χ0) is 11.9. The van der Waals surface area contributed by atoms with E-state index in [4.69, 9.17) is 9.47 Å². The molecule has 1 aliphatic heterocycles. The molecule has 0 bridgehead atoms. The molecule has 1 aliphatic rings. The highest BCUT2D eigenvalue weighted by atomic mass is 16.5. The van der Waals surface area contributed by atoms with Crippen molar-refractivity contribution in [1.29, 1.82) is 0 Å². The molecule has 2 heterocycles. The van der Waals surface area contributed by atoms with Crippen LogP contribution in [-0.4, -0.2) is 31.9 Å². The van der Waals surface area contributed by atoms with Gasteiger partial charge in [-0.3, -0.25) is 0 Å². The van der Waals surface area contributed by atoms with E-state index in [1.807, 2.05) is 12.1 Å². The summed E-state index contributed by atoms with van der Waals surface area (Å²) in [5.41, 5.74) is 1.11. The number of rotatable bonds is 6. The van der Waals surface area contributed by atoms with E-state index in [-0.39, 0.29) is 0 Å². The highest BCUT2D eigenvalue weighted by Gasteiger charge is 2.06. The normalized spacial score (nSPS) is 13.0. The molecule has 0 radical (unpaired) electrons. The fourth-order valence-electron chi connectivity index (χ4n) is 1.68. The molecular weight excluding hydrogens is 216 g/mol. The number of anilines is 1. The third-order valence-electron chi connectivity index (χ3n) is 2.58. The molecule has 0 atom stereocenters. The largest absolute Gasteiger partial charge is 0.478 e. The van der Waals surface area contributed by atoms with E-state index in [1.54, 1.807) is 7.11 Å². The van der Waals surface area contributed by atoms with Crippen molar-refractivity contribution in [2.24, 2.45) is 0 Å². The van der Waals surface area contributed by atoms with Crippen LogP contribution in [0.1, 0.15) is 18.4 Å². The third kappa shape index (κ3) is 3.46. The molecule has 0 aliphatic carbocycles. The first-order valence-corrected chi connectivity index (χ1v) is 5.93. The molecule has 0 saturated heterocycles. The van der Waals surface area contributed by atoms with Gasteiger partial charge in [0.2, 0.25) is 5.88 Å². The van der Waals surface area contributed by atoms with Crippen molar-refractivity contribution in [3.05, 3.63) is 23.8 Å². The summed E-state index contributed by atoms with van der Waals surface area (Å²) in [6.07, 6.45) is 6.15. The van der Waals surface area contributed by atoms with E-state index < -0.39 is 0 Å². The predicted molar refractivity (Wildman–Crippen MR) is 68.4 cm³/mol. The van der Waals surface area contributed by atoms with Crippen molar-refractivity contribution >= 4 is 11.9 Å². The van der Waals surface area contributed by atoms with Gasteiger partial charge in [0.1, 0.15) is 5.82 Å². The number of aromatic nitrogens is 1. The minimum absolute atomic E-state index is 0.684. The summed E-state index contributed by atoms with van der Waals surface area (Å²) in [7, 11) is 1.71. The molecular formula is C13H18N2O2. The molecule has 4 nitrogen and oxygen atoms in total. The summed E-state index contributed by atoms with van der Waals surface area (Å²) in [6.45, 7) is 2.30. The first kappa shape index (κ1) is 11.9. The Morgan fingerprint density at radius 2 is 2.18 bits per heavy atom. The first-order chi connectivity index (χ1) is 8.40. The maximum absolute atomic E-state index is 5.59. The van der Waals surface area contributed by atoms with E-state index in [2.05, 4.69) is 22.5 Å². The fourth-order valence-corrected chi connectivity index (χ4v) is 1.68. The molecule has 92 valence electrons. The van der Waals surface area contributed by atoms with E-state index in [0.29, 0.717) is 12.5 Å². The Morgan fingerprint density at radius 1 is 1.29 bits per heavy atom. The zero-order valence-corrected chi connectivity index (χ0v) is 10.1. The van der Waals surface area contributed by atoms with Gasteiger partial charge in [0.05, 0.1) is 6.61 Å². The van der Waals surface area contributed by atoms with E-state index in [1.165, 1.54) is 0 Å². The molecule has 0 unspecified atom stereocenters. The van der Waals surface area contributed by atoms with Crippen LogP contribution < -0.4 is 10.1 Å². The van der Waals surface area contributed by atoms with Crippen LogP contribution in [0.2, 0.25) is 0 Å². The van der Waals surface area contributed by atoms with E-state index in [0.717, 1.165) is 37.4 Å². The number of hydrogen-bond acceptors (Lipinski definition) is 4. The van der Waals surface area contributed by atoms with Crippen molar-refractivity contribution in [1.82, 2.24) is 4.98 Å². The highest BCUT2D eigenvalue weighted by Crippen LogP contribution is 2.21. The highest BCUT2D eigenvalue weighted by molar-refractivity contribution is 5.66. The summed E-state index contributed by atoms with van der Waals surface area (Å²) in [6, 6.07) is 3.93. The Morgan fingerprint density at radius 3 is 3.06 bits per heavy atom. The molecule has 0 fully saturated rings. The van der Waals surface area contributed by atoms with Gasteiger partial charge in [0, 0.05) is 31.9 Å². The van der Waals surface area contributed by atoms with Gasteiger partial charge in [-0.15, -0.1) is 0 Å². The van der Waals surface area contributed by atoms with Gasteiger partial charge in [0.25, 0.3) is 0 Å². The monoisotopic (exact) mass is 234 g/mol. The predicted octanol–water partition coefficient (Wildman–Crippen LogP) is 2.33. The minimum Gasteiger partial charge on any atom is -0.478 e. The maximum Gasteiger partial charge on any atom is 0.215 e. The van der Waals surface area contributed by atoms with Gasteiger partial charge >= 0.3 is 0 Å². The second kappa shape index (κ2) is 6.25. The van der Waals surface area contributed by atoms with Crippen LogP contribution in [0.3, 0.4) is 0 Å².